The molecule has 0 bridgehead atoms. The molecule has 0 aromatic rings. The molecule has 5 heteroatoms. The standard InChI is InChI=1S/C16H28O5/c1-5-7-8-19-14(17)12(6-2)9-16(3,4)15(18)21-11-13-10-20-13/h12-13H,5-11H2,1-4H3. The lowest BCUT2D eigenvalue weighted by Crippen LogP contribution is -2.33. The molecule has 0 saturated carbocycles. The molecular weight excluding hydrogens is 272 g/mol. The predicted octanol–water partition coefficient (Wildman–Crippen LogP) is 2.71. The van der Waals surface area contributed by atoms with Crippen molar-refractivity contribution in [3.8, 4) is 0 Å². The van der Waals surface area contributed by atoms with Crippen molar-refractivity contribution in [1.29, 1.82) is 0 Å². The Bertz CT molecular complexity index is 347. The van der Waals surface area contributed by atoms with Crippen LogP contribution in [0.5, 0.6) is 0 Å². The van der Waals surface area contributed by atoms with Crippen LogP contribution in [0.4, 0.5) is 0 Å². The number of rotatable bonds is 10. The van der Waals surface area contributed by atoms with E-state index in [0.29, 0.717) is 32.7 Å². The van der Waals surface area contributed by atoms with E-state index >= 15 is 0 Å². The topological polar surface area (TPSA) is 65.1 Å². The second-order valence-electron chi connectivity index (χ2n) is 6.27. The van der Waals surface area contributed by atoms with Crippen LogP contribution in [0.15, 0.2) is 0 Å². The van der Waals surface area contributed by atoms with Crippen LogP contribution in [0.2, 0.25) is 0 Å². The highest BCUT2D eigenvalue weighted by atomic mass is 16.6. The number of unbranched alkanes of at least 4 members (excludes halogenated alkanes) is 1. The first-order chi connectivity index (χ1) is 9.90. The molecule has 0 aliphatic carbocycles. The first kappa shape index (κ1) is 18.0. The van der Waals surface area contributed by atoms with Crippen molar-refractivity contribution in [2.75, 3.05) is 19.8 Å². The van der Waals surface area contributed by atoms with Crippen molar-refractivity contribution < 1.29 is 23.8 Å². The van der Waals surface area contributed by atoms with Crippen LogP contribution in [-0.4, -0.2) is 37.9 Å². The summed E-state index contributed by atoms with van der Waals surface area (Å²) in [6.45, 7) is 9.03. The number of hydrogen-bond acceptors (Lipinski definition) is 5. The van der Waals surface area contributed by atoms with E-state index in [4.69, 9.17) is 14.2 Å². The van der Waals surface area contributed by atoms with Crippen molar-refractivity contribution in [2.24, 2.45) is 11.3 Å². The van der Waals surface area contributed by atoms with Gasteiger partial charge in [-0.2, -0.15) is 0 Å². The molecule has 0 amide bonds. The minimum Gasteiger partial charge on any atom is -0.465 e. The number of ether oxygens (including phenoxy) is 3. The largest absolute Gasteiger partial charge is 0.465 e. The third kappa shape index (κ3) is 6.46. The third-order valence-electron chi connectivity index (χ3n) is 3.68. The van der Waals surface area contributed by atoms with E-state index in [0.717, 1.165) is 12.8 Å². The van der Waals surface area contributed by atoms with E-state index in [9.17, 15) is 9.59 Å². The molecule has 5 nitrogen and oxygen atoms in total. The van der Waals surface area contributed by atoms with Gasteiger partial charge in [0.2, 0.25) is 0 Å². The summed E-state index contributed by atoms with van der Waals surface area (Å²) in [5.74, 6) is -0.753. The van der Waals surface area contributed by atoms with Crippen molar-refractivity contribution in [3.05, 3.63) is 0 Å². The molecule has 0 spiro atoms. The Balaban J connectivity index is 2.43. The number of hydrogen-bond donors (Lipinski definition) is 0. The van der Waals surface area contributed by atoms with Crippen LogP contribution in [0.1, 0.15) is 53.4 Å². The van der Waals surface area contributed by atoms with Crippen LogP contribution >= 0.6 is 0 Å². The molecule has 0 N–H and O–H groups in total. The summed E-state index contributed by atoms with van der Waals surface area (Å²) in [6, 6.07) is 0. The van der Waals surface area contributed by atoms with Crippen LogP contribution in [-0.2, 0) is 23.8 Å². The minimum atomic E-state index is -0.695. The van der Waals surface area contributed by atoms with Crippen LogP contribution in [0.3, 0.4) is 0 Å². The maximum Gasteiger partial charge on any atom is 0.311 e. The molecule has 2 unspecified atom stereocenters. The van der Waals surface area contributed by atoms with Crippen molar-refractivity contribution in [3.63, 3.8) is 0 Å². The summed E-state index contributed by atoms with van der Waals surface area (Å²) in [5, 5.41) is 0. The Morgan fingerprint density at radius 1 is 1.29 bits per heavy atom. The SMILES string of the molecule is CCCCOC(=O)C(CC)CC(C)(C)C(=O)OCC1CO1. The molecule has 0 aromatic heterocycles. The minimum absolute atomic E-state index is 0.0609. The van der Waals surface area contributed by atoms with E-state index in [1.54, 1.807) is 0 Å². The maximum absolute atomic E-state index is 12.1. The molecule has 1 heterocycles. The van der Waals surface area contributed by atoms with E-state index in [1.165, 1.54) is 0 Å². The molecule has 122 valence electrons. The number of carbonyl (C=O) groups is 2. The molecule has 1 saturated heterocycles. The summed E-state index contributed by atoms with van der Waals surface area (Å²) < 4.78 is 15.5. The van der Waals surface area contributed by atoms with Gasteiger partial charge in [-0.25, -0.2) is 0 Å². The van der Waals surface area contributed by atoms with Crippen LogP contribution in [0, 0.1) is 11.3 Å². The summed E-state index contributed by atoms with van der Waals surface area (Å²) in [6.07, 6.45) is 3.03. The average molecular weight is 300 g/mol. The third-order valence-corrected chi connectivity index (χ3v) is 3.68. The normalized spacial score (nSPS) is 19.0. The molecule has 0 radical (unpaired) electrons. The number of epoxide rings is 1. The van der Waals surface area contributed by atoms with Gasteiger partial charge in [0.1, 0.15) is 12.7 Å². The van der Waals surface area contributed by atoms with Gasteiger partial charge in [0.05, 0.1) is 24.5 Å². The highest BCUT2D eigenvalue weighted by Crippen LogP contribution is 2.30. The zero-order valence-corrected chi connectivity index (χ0v) is 13.6. The van der Waals surface area contributed by atoms with Crippen LogP contribution in [0.25, 0.3) is 0 Å². The molecule has 1 aliphatic rings. The van der Waals surface area contributed by atoms with Crippen molar-refractivity contribution in [1.82, 2.24) is 0 Å². The zero-order valence-electron chi connectivity index (χ0n) is 13.6. The van der Waals surface area contributed by atoms with Gasteiger partial charge in [0.25, 0.3) is 0 Å². The van der Waals surface area contributed by atoms with Gasteiger partial charge in [0.15, 0.2) is 0 Å². The number of esters is 2. The van der Waals surface area contributed by atoms with E-state index in [1.807, 2.05) is 27.7 Å². The average Bonchev–Trinajstić information content (AvgIpc) is 3.26. The van der Waals surface area contributed by atoms with Gasteiger partial charge in [-0.3, -0.25) is 9.59 Å². The van der Waals surface area contributed by atoms with E-state index in [2.05, 4.69) is 0 Å². The lowest BCUT2D eigenvalue weighted by Gasteiger charge is -2.26. The van der Waals surface area contributed by atoms with Crippen molar-refractivity contribution >= 4 is 11.9 Å². The quantitative estimate of drug-likeness (QED) is 0.352. The first-order valence-electron chi connectivity index (χ1n) is 7.86. The Morgan fingerprint density at radius 2 is 1.95 bits per heavy atom. The van der Waals surface area contributed by atoms with Gasteiger partial charge in [0, 0.05) is 0 Å². The molecular formula is C16H28O5. The first-order valence-corrected chi connectivity index (χ1v) is 7.86. The fourth-order valence-electron chi connectivity index (χ4n) is 2.06. The summed E-state index contributed by atoms with van der Waals surface area (Å²) in [5.41, 5.74) is -0.695. The maximum atomic E-state index is 12.1. The van der Waals surface area contributed by atoms with Gasteiger partial charge < -0.3 is 14.2 Å². The monoisotopic (exact) mass is 300 g/mol. The Labute approximate surface area is 127 Å². The Kier molecular flexibility index (Phi) is 7.15. The Morgan fingerprint density at radius 3 is 2.48 bits per heavy atom. The van der Waals surface area contributed by atoms with Crippen molar-refractivity contribution in [2.45, 2.75) is 59.5 Å². The molecule has 2 atom stereocenters. The Hall–Kier alpha value is -1.10. The van der Waals surface area contributed by atoms with Crippen LogP contribution < -0.4 is 0 Å². The van der Waals surface area contributed by atoms with E-state index in [-0.39, 0.29) is 24.0 Å². The molecule has 1 aliphatic heterocycles. The van der Waals surface area contributed by atoms with Gasteiger partial charge in [-0.05, 0) is 33.1 Å². The van der Waals surface area contributed by atoms with E-state index < -0.39 is 5.41 Å². The summed E-state index contributed by atoms with van der Waals surface area (Å²) >= 11 is 0. The fourth-order valence-corrected chi connectivity index (χ4v) is 2.06. The summed E-state index contributed by atoms with van der Waals surface area (Å²) in [4.78, 5) is 24.1. The molecule has 1 fully saturated rings. The summed E-state index contributed by atoms with van der Waals surface area (Å²) in [7, 11) is 0. The fraction of sp³-hybridized carbons (Fsp3) is 0.875. The lowest BCUT2D eigenvalue weighted by atomic mass is 9.81. The lowest BCUT2D eigenvalue weighted by molar-refractivity contribution is -0.158. The highest BCUT2D eigenvalue weighted by molar-refractivity contribution is 5.78. The molecule has 0 aromatic carbocycles. The highest BCUT2D eigenvalue weighted by Gasteiger charge is 2.36. The zero-order chi connectivity index (χ0) is 15.9. The second-order valence-corrected chi connectivity index (χ2v) is 6.27. The number of carbonyl (C=O) groups excluding carboxylic acids is 2. The second kappa shape index (κ2) is 8.37. The van der Waals surface area contributed by atoms with Gasteiger partial charge in [-0.15, -0.1) is 0 Å². The molecule has 21 heavy (non-hydrogen) atoms. The smallest absolute Gasteiger partial charge is 0.311 e. The predicted molar refractivity (Wildman–Crippen MR) is 78.7 cm³/mol. The van der Waals surface area contributed by atoms with Gasteiger partial charge in [-0.1, -0.05) is 20.3 Å². The van der Waals surface area contributed by atoms with Gasteiger partial charge >= 0.3 is 11.9 Å². The molecule has 1 rings (SSSR count).